The van der Waals surface area contributed by atoms with Crippen LogP contribution in [0.2, 0.25) is 0 Å². The van der Waals surface area contributed by atoms with Gasteiger partial charge in [0.05, 0.1) is 11.8 Å². The first kappa shape index (κ1) is 11.3. The molecule has 5 nitrogen and oxygen atoms in total. The van der Waals surface area contributed by atoms with Crippen LogP contribution in [0.3, 0.4) is 0 Å². The lowest BCUT2D eigenvalue weighted by molar-refractivity contribution is 0.425. The van der Waals surface area contributed by atoms with E-state index in [1.54, 1.807) is 18.2 Å². The normalized spacial score (nSPS) is 10.6. The molecule has 3 rings (SSSR count). The summed E-state index contributed by atoms with van der Waals surface area (Å²) in [6, 6.07) is 7.42. The Kier molecular flexibility index (Phi) is 2.68. The van der Waals surface area contributed by atoms with Crippen molar-refractivity contribution in [1.82, 2.24) is 15.1 Å². The van der Waals surface area contributed by atoms with Crippen LogP contribution in [0.25, 0.3) is 22.8 Å². The first-order valence-corrected chi connectivity index (χ1v) is 5.47. The molecule has 0 spiro atoms. The van der Waals surface area contributed by atoms with Crippen molar-refractivity contribution < 1.29 is 14.0 Å². The van der Waals surface area contributed by atoms with Gasteiger partial charge in [-0.1, -0.05) is 17.3 Å². The molecule has 1 N–H and O–H groups in total. The van der Waals surface area contributed by atoms with E-state index in [1.807, 2.05) is 0 Å². The van der Waals surface area contributed by atoms with Gasteiger partial charge in [0.25, 0.3) is 5.89 Å². The zero-order valence-electron chi connectivity index (χ0n) is 9.62. The van der Waals surface area contributed by atoms with Gasteiger partial charge in [0, 0.05) is 11.8 Å². The zero-order valence-corrected chi connectivity index (χ0v) is 9.62. The molecule has 0 fully saturated rings. The van der Waals surface area contributed by atoms with E-state index < -0.39 is 0 Å². The standard InChI is InChI=1S/C13H8FN3O2/c14-9-3-1-2-8(6-9)12-16-13(19-17-12)10-4-5-15-7-11(10)18/h1-7,18H. The van der Waals surface area contributed by atoms with Gasteiger partial charge in [0.15, 0.2) is 0 Å². The van der Waals surface area contributed by atoms with Crippen LogP contribution in [-0.2, 0) is 0 Å². The van der Waals surface area contributed by atoms with Crippen molar-refractivity contribution in [2.45, 2.75) is 0 Å². The second-order valence-electron chi connectivity index (χ2n) is 3.83. The van der Waals surface area contributed by atoms with E-state index in [0.29, 0.717) is 11.1 Å². The number of rotatable bonds is 2. The van der Waals surface area contributed by atoms with Crippen molar-refractivity contribution in [2.24, 2.45) is 0 Å². The molecule has 2 heterocycles. The molecule has 0 saturated carbocycles. The van der Waals surface area contributed by atoms with Crippen molar-refractivity contribution >= 4 is 0 Å². The smallest absolute Gasteiger partial charge is 0.262 e. The summed E-state index contributed by atoms with van der Waals surface area (Å²) >= 11 is 0. The van der Waals surface area contributed by atoms with Gasteiger partial charge in [0.2, 0.25) is 5.82 Å². The predicted molar refractivity (Wildman–Crippen MR) is 64.6 cm³/mol. The van der Waals surface area contributed by atoms with Gasteiger partial charge in [-0.15, -0.1) is 0 Å². The lowest BCUT2D eigenvalue weighted by Crippen LogP contribution is -1.83. The van der Waals surface area contributed by atoms with E-state index in [1.165, 1.54) is 24.5 Å². The van der Waals surface area contributed by atoms with Crippen molar-refractivity contribution in [3.63, 3.8) is 0 Å². The fourth-order valence-corrected chi connectivity index (χ4v) is 1.64. The molecule has 0 saturated heterocycles. The second kappa shape index (κ2) is 4.49. The molecule has 0 radical (unpaired) electrons. The molecular formula is C13H8FN3O2. The average Bonchev–Trinajstić information content (AvgIpc) is 2.89. The van der Waals surface area contributed by atoms with E-state index >= 15 is 0 Å². The molecule has 94 valence electrons. The second-order valence-corrected chi connectivity index (χ2v) is 3.83. The molecule has 0 unspecified atom stereocenters. The molecule has 0 aliphatic carbocycles. The van der Waals surface area contributed by atoms with Crippen LogP contribution >= 0.6 is 0 Å². The molecular weight excluding hydrogens is 249 g/mol. The highest BCUT2D eigenvalue weighted by atomic mass is 19.1. The molecule has 6 heteroatoms. The minimum absolute atomic E-state index is 0.0584. The Bertz CT molecular complexity index is 727. The fourth-order valence-electron chi connectivity index (χ4n) is 1.64. The lowest BCUT2D eigenvalue weighted by Gasteiger charge is -1.96. The van der Waals surface area contributed by atoms with Gasteiger partial charge in [0.1, 0.15) is 11.6 Å². The topological polar surface area (TPSA) is 72.0 Å². The van der Waals surface area contributed by atoms with Crippen LogP contribution in [0.15, 0.2) is 47.2 Å². The Balaban J connectivity index is 2.03. The van der Waals surface area contributed by atoms with Crippen molar-refractivity contribution in [2.75, 3.05) is 0 Å². The molecule has 0 bridgehead atoms. The van der Waals surface area contributed by atoms with E-state index in [4.69, 9.17) is 4.52 Å². The van der Waals surface area contributed by atoms with E-state index in [-0.39, 0.29) is 23.3 Å². The first-order chi connectivity index (χ1) is 9.24. The Hall–Kier alpha value is -2.76. The summed E-state index contributed by atoms with van der Waals surface area (Å²) < 4.78 is 18.2. The van der Waals surface area contributed by atoms with Gasteiger partial charge in [-0.05, 0) is 18.2 Å². The van der Waals surface area contributed by atoms with Crippen LogP contribution < -0.4 is 0 Å². The van der Waals surface area contributed by atoms with Crippen LogP contribution in [0.4, 0.5) is 4.39 Å². The third kappa shape index (κ3) is 2.15. The Morgan fingerprint density at radius 1 is 1.21 bits per heavy atom. The predicted octanol–water partition coefficient (Wildman–Crippen LogP) is 2.64. The molecule has 3 aromatic rings. The third-order valence-electron chi connectivity index (χ3n) is 2.54. The number of halogens is 1. The summed E-state index contributed by atoms with van der Waals surface area (Å²) in [6.07, 6.45) is 2.78. The Morgan fingerprint density at radius 2 is 2.11 bits per heavy atom. The monoisotopic (exact) mass is 257 g/mol. The first-order valence-electron chi connectivity index (χ1n) is 5.47. The van der Waals surface area contributed by atoms with Gasteiger partial charge in [-0.2, -0.15) is 4.98 Å². The molecule has 0 atom stereocenters. The molecule has 19 heavy (non-hydrogen) atoms. The van der Waals surface area contributed by atoms with Crippen LogP contribution in [-0.4, -0.2) is 20.2 Å². The van der Waals surface area contributed by atoms with Crippen LogP contribution in [0.1, 0.15) is 0 Å². The minimum atomic E-state index is -0.379. The number of hydrogen-bond donors (Lipinski definition) is 1. The zero-order chi connectivity index (χ0) is 13.2. The number of aromatic hydroxyl groups is 1. The molecule has 1 aromatic carbocycles. The largest absolute Gasteiger partial charge is 0.505 e. The van der Waals surface area contributed by atoms with Crippen molar-refractivity contribution in [3.8, 4) is 28.6 Å². The fraction of sp³-hybridized carbons (Fsp3) is 0. The van der Waals surface area contributed by atoms with E-state index in [2.05, 4.69) is 15.1 Å². The SMILES string of the molecule is Oc1cnccc1-c1nc(-c2cccc(F)c2)no1. The lowest BCUT2D eigenvalue weighted by atomic mass is 10.2. The summed E-state index contributed by atoms with van der Waals surface area (Å²) in [7, 11) is 0. The highest BCUT2D eigenvalue weighted by molar-refractivity contribution is 5.63. The number of nitrogens with zero attached hydrogens (tertiary/aromatic N) is 3. The van der Waals surface area contributed by atoms with Gasteiger partial charge in [-0.25, -0.2) is 4.39 Å². The maximum absolute atomic E-state index is 13.1. The van der Waals surface area contributed by atoms with Gasteiger partial charge < -0.3 is 9.63 Å². The highest BCUT2D eigenvalue weighted by Crippen LogP contribution is 2.28. The van der Waals surface area contributed by atoms with Crippen molar-refractivity contribution in [1.29, 1.82) is 0 Å². The molecule has 0 aliphatic rings. The Morgan fingerprint density at radius 3 is 2.89 bits per heavy atom. The summed E-state index contributed by atoms with van der Waals surface area (Å²) in [5, 5.41) is 13.4. The minimum Gasteiger partial charge on any atom is -0.505 e. The van der Waals surface area contributed by atoms with Crippen LogP contribution in [0, 0.1) is 5.82 Å². The maximum atomic E-state index is 13.1. The van der Waals surface area contributed by atoms with Crippen LogP contribution in [0.5, 0.6) is 5.75 Å². The summed E-state index contributed by atoms with van der Waals surface area (Å²) in [5.41, 5.74) is 0.883. The summed E-state index contributed by atoms with van der Waals surface area (Å²) in [4.78, 5) is 7.88. The number of benzene rings is 1. The maximum Gasteiger partial charge on any atom is 0.262 e. The quantitative estimate of drug-likeness (QED) is 0.764. The summed E-state index contributed by atoms with van der Waals surface area (Å²) in [6.45, 7) is 0. The number of hydrogen-bond acceptors (Lipinski definition) is 5. The van der Waals surface area contributed by atoms with E-state index in [0.717, 1.165) is 0 Å². The third-order valence-corrected chi connectivity index (χ3v) is 2.54. The summed E-state index contributed by atoms with van der Waals surface area (Å²) in [5.74, 6) is -0.0302. The highest BCUT2D eigenvalue weighted by Gasteiger charge is 2.13. The number of pyridine rings is 1. The number of aromatic nitrogens is 3. The van der Waals surface area contributed by atoms with Gasteiger partial charge >= 0.3 is 0 Å². The Labute approximate surface area is 107 Å². The van der Waals surface area contributed by atoms with E-state index in [9.17, 15) is 9.50 Å². The van der Waals surface area contributed by atoms with Gasteiger partial charge in [-0.3, -0.25) is 4.98 Å². The average molecular weight is 257 g/mol. The van der Waals surface area contributed by atoms with Crippen molar-refractivity contribution in [3.05, 3.63) is 48.5 Å². The molecule has 0 aliphatic heterocycles. The molecule has 0 amide bonds. The molecule has 2 aromatic heterocycles.